The van der Waals surface area contributed by atoms with Crippen molar-refractivity contribution in [1.29, 1.82) is 0 Å². The molecule has 1 unspecified atom stereocenters. The van der Waals surface area contributed by atoms with Gasteiger partial charge in [0.05, 0.1) is 6.61 Å². The maximum absolute atomic E-state index is 9.33. The molecule has 0 radical (unpaired) electrons. The van der Waals surface area contributed by atoms with E-state index >= 15 is 0 Å². The lowest BCUT2D eigenvalue weighted by Gasteiger charge is -2.29. The highest BCUT2D eigenvalue weighted by molar-refractivity contribution is 4.82. The smallest absolute Gasteiger partial charge is 0.0610 e. The highest BCUT2D eigenvalue weighted by Crippen LogP contribution is 2.14. The van der Waals surface area contributed by atoms with Crippen molar-refractivity contribution in [3.05, 3.63) is 0 Å². The molecule has 90 valence electrons. The second-order valence-electron chi connectivity index (χ2n) is 4.90. The van der Waals surface area contributed by atoms with Gasteiger partial charge in [-0.05, 0) is 58.8 Å². The van der Waals surface area contributed by atoms with Gasteiger partial charge < -0.3 is 15.3 Å². The van der Waals surface area contributed by atoms with Gasteiger partial charge in [0.15, 0.2) is 0 Å². The summed E-state index contributed by atoms with van der Waals surface area (Å²) in [6.45, 7) is 9.12. The van der Waals surface area contributed by atoms with E-state index in [-0.39, 0.29) is 12.1 Å². The first kappa shape index (κ1) is 12.9. The second kappa shape index (κ2) is 6.46. The van der Waals surface area contributed by atoms with Crippen LogP contribution < -0.4 is 5.32 Å². The van der Waals surface area contributed by atoms with Gasteiger partial charge in [-0.25, -0.2) is 0 Å². The van der Waals surface area contributed by atoms with Crippen LogP contribution in [0.4, 0.5) is 0 Å². The van der Waals surface area contributed by atoms with Crippen molar-refractivity contribution >= 4 is 0 Å². The third kappa shape index (κ3) is 4.49. The van der Waals surface area contributed by atoms with E-state index in [4.69, 9.17) is 0 Å². The molecule has 0 bridgehead atoms. The first-order valence-corrected chi connectivity index (χ1v) is 6.28. The lowest BCUT2D eigenvalue weighted by molar-refractivity contribution is 0.160. The SMILES string of the molecule is CCNC(C)(CO)CCCN1CCCC1. The van der Waals surface area contributed by atoms with Crippen LogP contribution in [-0.2, 0) is 0 Å². The zero-order valence-electron chi connectivity index (χ0n) is 10.3. The number of nitrogens with one attached hydrogen (secondary N) is 1. The third-order valence-electron chi connectivity index (χ3n) is 3.35. The Morgan fingerprint density at radius 2 is 2.00 bits per heavy atom. The number of hydrogen-bond donors (Lipinski definition) is 2. The molecule has 0 amide bonds. The Morgan fingerprint density at radius 3 is 2.53 bits per heavy atom. The van der Waals surface area contributed by atoms with E-state index in [1.807, 2.05) is 0 Å². The maximum atomic E-state index is 9.33. The molecule has 3 nitrogen and oxygen atoms in total. The van der Waals surface area contributed by atoms with Crippen molar-refractivity contribution in [1.82, 2.24) is 10.2 Å². The average molecular weight is 214 g/mol. The third-order valence-corrected chi connectivity index (χ3v) is 3.35. The summed E-state index contributed by atoms with van der Waals surface area (Å²) in [4.78, 5) is 2.53. The van der Waals surface area contributed by atoms with Gasteiger partial charge in [-0.1, -0.05) is 6.92 Å². The Balaban J connectivity index is 2.15. The summed E-state index contributed by atoms with van der Waals surface area (Å²) < 4.78 is 0. The molecule has 0 saturated carbocycles. The summed E-state index contributed by atoms with van der Waals surface area (Å²) in [6, 6.07) is 0. The molecule has 0 aromatic carbocycles. The van der Waals surface area contributed by atoms with Gasteiger partial charge in [0.1, 0.15) is 0 Å². The minimum atomic E-state index is -0.0749. The van der Waals surface area contributed by atoms with Crippen LogP contribution in [0.5, 0.6) is 0 Å². The van der Waals surface area contributed by atoms with E-state index < -0.39 is 0 Å². The summed E-state index contributed by atoms with van der Waals surface area (Å²) in [7, 11) is 0. The molecule has 15 heavy (non-hydrogen) atoms. The summed E-state index contributed by atoms with van der Waals surface area (Å²) in [5.41, 5.74) is -0.0749. The number of hydrogen-bond acceptors (Lipinski definition) is 3. The summed E-state index contributed by atoms with van der Waals surface area (Å²) >= 11 is 0. The molecule has 1 heterocycles. The molecule has 0 aromatic heterocycles. The van der Waals surface area contributed by atoms with Gasteiger partial charge in [0.2, 0.25) is 0 Å². The Hall–Kier alpha value is -0.120. The van der Waals surface area contributed by atoms with Gasteiger partial charge in [-0.15, -0.1) is 0 Å². The fourth-order valence-electron chi connectivity index (χ4n) is 2.35. The van der Waals surface area contributed by atoms with Crippen LogP contribution in [-0.4, -0.2) is 48.3 Å². The van der Waals surface area contributed by atoms with Gasteiger partial charge in [0.25, 0.3) is 0 Å². The predicted molar refractivity (Wildman–Crippen MR) is 64.1 cm³/mol. The van der Waals surface area contributed by atoms with Crippen molar-refractivity contribution in [2.75, 3.05) is 32.8 Å². The van der Waals surface area contributed by atoms with Crippen molar-refractivity contribution < 1.29 is 5.11 Å². The van der Waals surface area contributed by atoms with Crippen molar-refractivity contribution in [3.63, 3.8) is 0 Å². The Morgan fingerprint density at radius 1 is 1.33 bits per heavy atom. The minimum absolute atomic E-state index is 0.0749. The van der Waals surface area contributed by atoms with Crippen molar-refractivity contribution in [3.8, 4) is 0 Å². The van der Waals surface area contributed by atoms with E-state index in [0.717, 1.165) is 13.0 Å². The molecule has 1 aliphatic rings. The van der Waals surface area contributed by atoms with Gasteiger partial charge in [0, 0.05) is 5.54 Å². The standard InChI is InChI=1S/C12H26N2O/c1-3-13-12(2,11-15)7-6-10-14-8-4-5-9-14/h13,15H,3-11H2,1-2H3. The van der Waals surface area contributed by atoms with Crippen LogP contribution in [0.15, 0.2) is 0 Å². The maximum Gasteiger partial charge on any atom is 0.0610 e. The molecule has 1 rings (SSSR count). The van der Waals surface area contributed by atoms with E-state index in [1.54, 1.807) is 0 Å². The number of aliphatic hydroxyl groups is 1. The van der Waals surface area contributed by atoms with Crippen LogP contribution in [0.1, 0.15) is 39.5 Å². The minimum Gasteiger partial charge on any atom is -0.394 e. The Bertz CT molecular complexity index is 169. The molecule has 0 aliphatic carbocycles. The summed E-state index contributed by atoms with van der Waals surface area (Å²) in [5.74, 6) is 0. The van der Waals surface area contributed by atoms with Crippen LogP contribution in [0.2, 0.25) is 0 Å². The van der Waals surface area contributed by atoms with Gasteiger partial charge >= 0.3 is 0 Å². The van der Waals surface area contributed by atoms with E-state index in [2.05, 4.69) is 24.1 Å². The monoisotopic (exact) mass is 214 g/mol. The molecule has 1 atom stereocenters. The highest BCUT2D eigenvalue weighted by Gasteiger charge is 2.21. The molecule has 1 fully saturated rings. The van der Waals surface area contributed by atoms with Crippen LogP contribution in [0, 0.1) is 0 Å². The molecule has 0 aromatic rings. The predicted octanol–water partition coefficient (Wildman–Crippen LogP) is 1.22. The number of nitrogens with zero attached hydrogens (tertiary/aromatic N) is 1. The Kier molecular flexibility index (Phi) is 5.58. The second-order valence-corrected chi connectivity index (χ2v) is 4.90. The molecule has 0 spiro atoms. The quantitative estimate of drug-likeness (QED) is 0.669. The number of likely N-dealkylation sites (tertiary alicyclic amines) is 1. The largest absolute Gasteiger partial charge is 0.394 e. The number of rotatable bonds is 7. The summed E-state index contributed by atoms with van der Waals surface area (Å²) in [6.07, 6.45) is 4.98. The molecule has 3 heteroatoms. The fourth-order valence-corrected chi connectivity index (χ4v) is 2.35. The molecule has 1 saturated heterocycles. The first-order chi connectivity index (χ1) is 7.20. The Labute approximate surface area is 93.9 Å². The zero-order chi connectivity index (χ0) is 11.1. The van der Waals surface area contributed by atoms with E-state index in [0.29, 0.717) is 0 Å². The number of likely N-dealkylation sites (N-methyl/N-ethyl adjacent to an activating group) is 1. The molecule has 2 N–H and O–H groups in total. The number of aliphatic hydroxyl groups excluding tert-OH is 1. The van der Waals surface area contributed by atoms with Gasteiger partial charge in [-0.2, -0.15) is 0 Å². The molecular formula is C12H26N2O. The van der Waals surface area contributed by atoms with E-state index in [9.17, 15) is 5.11 Å². The first-order valence-electron chi connectivity index (χ1n) is 6.28. The summed E-state index contributed by atoms with van der Waals surface area (Å²) in [5, 5.41) is 12.7. The lowest BCUT2D eigenvalue weighted by Crippen LogP contribution is -2.46. The fraction of sp³-hybridized carbons (Fsp3) is 1.00. The van der Waals surface area contributed by atoms with E-state index in [1.165, 1.54) is 38.9 Å². The van der Waals surface area contributed by atoms with Crippen LogP contribution in [0.3, 0.4) is 0 Å². The van der Waals surface area contributed by atoms with Crippen molar-refractivity contribution in [2.45, 2.75) is 45.1 Å². The topological polar surface area (TPSA) is 35.5 Å². The normalized spacial score (nSPS) is 21.8. The van der Waals surface area contributed by atoms with Crippen LogP contribution in [0.25, 0.3) is 0 Å². The lowest BCUT2D eigenvalue weighted by atomic mass is 9.96. The van der Waals surface area contributed by atoms with Crippen molar-refractivity contribution in [2.24, 2.45) is 0 Å². The highest BCUT2D eigenvalue weighted by atomic mass is 16.3. The molecule has 1 aliphatic heterocycles. The van der Waals surface area contributed by atoms with Crippen LogP contribution >= 0.6 is 0 Å². The average Bonchev–Trinajstić information content (AvgIpc) is 2.71. The zero-order valence-corrected chi connectivity index (χ0v) is 10.3. The molecular weight excluding hydrogens is 188 g/mol. The van der Waals surface area contributed by atoms with Gasteiger partial charge in [-0.3, -0.25) is 0 Å².